The minimum absolute atomic E-state index is 0.0418. The number of nitrogens with one attached hydrogen (secondary N) is 2. The van der Waals surface area contributed by atoms with Gasteiger partial charge >= 0.3 is 0 Å². The fourth-order valence-electron chi connectivity index (χ4n) is 3.85. The van der Waals surface area contributed by atoms with Crippen molar-refractivity contribution in [3.63, 3.8) is 0 Å². The summed E-state index contributed by atoms with van der Waals surface area (Å²) in [6.07, 6.45) is 4.28. The highest BCUT2D eigenvalue weighted by Crippen LogP contribution is 2.45. The Kier molecular flexibility index (Phi) is 7.09. The van der Waals surface area contributed by atoms with E-state index in [1.54, 1.807) is 7.05 Å². The topological polar surface area (TPSA) is 101 Å². The summed E-state index contributed by atoms with van der Waals surface area (Å²) in [7, 11) is -1.97. The molecule has 2 aromatic heterocycles. The Morgan fingerprint density at radius 2 is 1.91 bits per heavy atom. The van der Waals surface area contributed by atoms with Crippen LogP contribution in [0.3, 0.4) is 0 Å². The van der Waals surface area contributed by atoms with E-state index in [9.17, 15) is 13.2 Å². The largest absolute Gasteiger partial charge is 0.437 e. The number of sulfonamides is 1. The van der Waals surface area contributed by atoms with Crippen molar-refractivity contribution >= 4 is 48.8 Å². The van der Waals surface area contributed by atoms with E-state index in [1.165, 1.54) is 0 Å². The Morgan fingerprint density at radius 1 is 1.18 bits per heavy atom. The first-order valence-electron chi connectivity index (χ1n) is 11.2. The molecular formula is C24H28BrN3O4S. The highest BCUT2D eigenvalue weighted by atomic mass is 79.9. The average molecular weight is 534 g/mol. The van der Waals surface area contributed by atoms with Crippen molar-refractivity contribution in [3.05, 3.63) is 47.0 Å². The normalized spacial score (nSPS) is 13.9. The molecule has 33 heavy (non-hydrogen) atoms. The molecule has 2 heterocycles. The molecule has 176 valence electrons. The van der Waals surface area contributed by atoms with Gasteiger partial charge in [0.2, 0.25) is 15.7 Å². The van der Waals surface area contributed by atoms with Gasteiger partial charge in [-0.05, 0) is 50.2 Å². The van der Waals surface area contributed by atoms with Crippen LogP contribution in [0.1, 0.15) is 59.5 Å². The van der Waals surface area contributed by atoms with Crippen molar-refractivity contribution in [1.29, 1.82) is 0 Å². The number of carbonyl (C=O) groups excluding carboxylic acids is 1. The quantitative estimate of drug-likeness (QED) is 0.270. The van der Waals surface area contributed by atoms with Crippen molar-refractivity contribution in [1.82, 2.24) is 10.3 Å². The number of hydrogen-bond donors (Lipinski definition) is 2. The third-order valence-corrected chi connectivity index (χ3v) is 7.69. The number of anilines is 1. The van der Waals surface area contributed by atoms with Gasteiger partial charge in [0.1, 0.15) is 11.6 Å². The summed E-state index contributed by atoms with van der Waals surface area (Å²) >= 11 is 3.37. The van der Waals surface area contributed by atoms with Gasteiger partial charge in [-0.3, -0.25) is 9.52 Å². The summed E-state index contributed by atoms with van der Waals surface area (Å²) in [5, 5.41) is 4.14. The zero-order valence-corrected chi connectivity index (χ0v) is 21.2. The predicted molar refractivity (Wildman–Crippen MR) is 135 cm³/mol. The second-order valence-electron chi connectivity index (χ2n) is 8.48. The lowest BCUT2D eigenvalue weighted by atomic mass is 10.0. The number of furan rings is 1. The van der Waals surface area contributed by atoms with Crippen LogP contribution >= 0.6 is 15.9 Å². The Labute approximate surface area is 202 Å². The van der Waals surface area contributed by atoms with Crippen molar-refractivity contribution in [2.24, 2.45) is 0 Å². The number of amides is 1. The molecule has 1 aliphatic carbocycles. The third-order valence-electron chi connectivity index (χ3n) is 5.80. The summed E-state index contributed by atoms with van der Waals surface area (Å²) in [5.41, 5.74) is 3.32. The van der Waals surface area contributed by atoms with Crippen molar-refractivity contribution in [2.45, 2.75) is 44.9 Å². The molecule has 1 amide bonds. The molecule has 1 aromatic carbocycles. The number of fused-ring (bicyclic) bond motifs is 1. The molecule has 0 spiro atoms. The fraction of sp³-hybridized carbons (Fsp3) is 0.417. The van der Waals surface area contributed by atoms with Crippen LogP contribution in [-0.4, -0.2) is 37.4 Å². The number of rotatable bonds is 10. The highest BCUT2D eigenvalue weighted by molar-refractivity contribution is 9.09. The van der Waals surface area contributed by atoms with E-state index in [-0.39, 0.29) is 23.3 Å². The van der Waals surface area contributed by atoms with Gasteiger partial charge in [-0.2, -0.15) is 4.98 Å². The zero-order chi connectivity index (χ0) is 23.6. The number of pyridine rings is 1. The molecule has 4 rings (SSSR count). The van der Waals surface area contributed by atoms with Crippen molar-refractivity contribution < 1.29 is 17.6 Å². The van der Waals surface area contributed by atoms with Crippen molar-refractivity contribution in [3.8, 4) is 11.3 Å². The number of halogens is 1. The van der Waals surface area contributed by atoms with Crippen LogP contribution in [0.5, 0.6) is 0 Å². The Morgan fingerprint density at radius 3 is 2.55 bits per heavy atom. The molecule has 2 N–H and O–H groups in total. The molecule has 0 saturated heterocycles. The van der Waals surface area contributed by atoms with Gasteiger partial charge in [-0.1, -0.05) is 52.2 Å². The number of carbonyl (C=O) groups is 1. The number of unbranched alkanes of at least 4 members (excludes halogenated alkanes) is 2. The lowest BCUT2D eigenvalue weighted by molar-refractivity contribution is 0.0964. The standard InChI is InChI=1S/C24H28BrN3O4S/c1-15-6-8-17(9-7-15)21-20(23(29)26-2)19-14-18(16-10-11-16)22(27-24(19)32-21)28-33(30,31)13-5-3-4-12-25/h6-9,14,16H,3-5,10-13H2,1-2H3,(H,26,29)(H,27,28). The molecule has 1 aliphatic rings. The minimum atomic E-state index is -3.54. The maximum Gasteiger partial charge on any atom is 0.255 e. The molecular weight excluding hydrogens is 506 g/mol. The number of hydrogen-bond acceptors (Lipinski definition) is 5. The molecule has 7 nitrogen and oxygen atoms in total. The number of aryl methyl sites for hydroxylation is 1. The summed E-state index contributed by atoms with van der Waals surface area (Å²) in [5.74, 6) is 0.725. The maximum absolute atomic E-state index is 12.8. The van der Waals surface area contributed by atoms with Crippen molar-refractivity contribution in [2.75, 3.05) is 22.9 Å². The average Bonchev–Trinajstić information content (AvgIpc) is 3.56. The third kappa shape index (κ3) is 5.41. The Hall–Kier alpha value is -2.39. The zero-order valence-electron chi connectivity index (χ0n) is 18.8. The molecule has 0 unspecified atom stereocenters. The number of aromatic nitrogens is 1. The molecule has 9 heteroatoms. The fourth-order valence-corrected chi connectivity index (χ4v) is 5.39. The van der Waals surface area contributed by atoms with Crippen LogP contribution in [0.2, 0.25) is 0 Å². The second-order valence-corrected chi connectivity index (χ2v) is 11.1. The first-order chi connectivity index (χ1) is 15.8. The first-order valence-corrected chi connectivity index (χ1v) is 13.9. The van der Waals surface area contributed by atoms with Gasteiger partial charge in [-0.15, -0.1) is 0 Å². The molecule has 0 radical (unpaired) electrons. The van der Waals surface area contributed by atoms with E-state index in [1.807, 2.05) is 37.3 Å². The predicted octanol–water partition coefficient (Wildman–Crippen LogP) is 5.35. The molecule has 1 fully saturated rings. The maximum atomic E-state index is 12.8. The van der Waals surface area contributed by atoms with Gasteiger partial charge in [-0.25, -0.2) is 8.42 Å². The summed E-state index contributed by atoms with van der Waals surface area (Å²) in [6, 6.07) is 9.58. The lowest BCUT2D eigenvalue weighted by Crippen LogP contribution is -2.19. The van der Waals surface area contributed by atoms with E-state index < -0.39 is 10.0 Å². The smallest absolute Gasteiger partial charge is 0.255 e. The van der Waals surface area contributed by atoms with E-state index in [0.717, 1.165) is 47.7 Å². The first kappa shape index (κ1) is 23.8. The van der Waals surface area contributed by atoms with Crippen LogP contribution in [0.15, 0.2) is 34.7 Å². The molecule has 3 aromatic rings. The van der Waals surface area contributed by atoms with E-state index in [0.29, 0.717) is 28.9 Å². The second kappa shape index (κ2) is 9.85. The molecule has 0 atom stereocenters. The van der Waals surface area contributed by atoms with E-state index >= 15 is 0 Å². The summed E-state index contributed by atoms with van der Waals surface area (Å²) in [6.45, 7) is 1.99. The Bertz CT molecular complexity index is 1270. The number of benzene rings is 1. The number of nitrogens with zero attached hydrogens (tertiary/aromatic N) is 1. The van der Waals surface area contributed by atoms with Crippen LogP contribution in [0.4, 0.5) is 5.82 Å². The van der Waals surface area contributed by atoms with Crippen LogP contribution in [0, 0.1) is 6.92 Å². The minimum Gasteiger partial charge on any atom is -0.437 e. The van der Waals surface area contributed by atoms with Gasteiger partial charge in [0, 0.05) is 17.9 Å². The van der Waals surface area contributed by atoms with Crippen LogP contribution in [-0.2, 0) is 10.0 Å². The van der Waals surface area contributed by atoms with Crippen LogP contribution in [0.25, 0.3) is 22.4 Å². The number of alkyl halides is 1. The van der Waals surface area contributed by atoms with Gasteiger partial charge in [0.15, 0.2) is 0 Å². The molecule has 0 aliphatic heterocycles. The van der Waals surface area contributed by atoms with Gasteiger partial charge in [0.05, 0.1) is 16.7 Å². The lowest BCUT2D eigenvalue weighted by Gasteiger charge is -2.11. The van der Waals surface area contributed by atoms with E-state index in [2.05, 4.69) is 31.0 Å². The van der Waals surface area contributed by atoms with Crippen LogP contribution < -0.4 is 10.0 Å². The van der Waals surface area contributed by atoms with Gasteiger partial charge in [0.25, 0.3) is 5.91 Å². The monoisotopic (exact) mass is 533 g/mol. The molecule has 1 saturated carbocycles. The Balaban J connectivity index is 1.77. The van der Waals surface area contributed by atoms with E-state index in [4.69, 9.17) is 4.42 Å². The highest BCUT2D eigenvalue weighted by Gasteiger charge is 2.31. The summed E-state index contributed by atoms with van der Waals surface area (Å²) in [4.78, 5) is 17.4. The van der Waals surface area contributed by atoms with Gasteiger partial charge < -0.3 is 9.73 Å². The molecule has 0 bridgehead atoms. The SMILES string of the molecule is CNC(=O)c1c(-c2ccc(C)cc2)oc2nc(NS(=O)(=O)CCCCCBr)c(C3CC3)cc12. The summed E-state index contributed by atoms with van der Waals surface area (Å²) < 4.78 is 34.2.